The lowest BCUT2D eigenvalue weighted by molar-refractivity contribution is -0.141. The fourth-order valence-electron chi connectivity index (χ4n) is 1.48. The molecule has 7 heteroatoms. The van der Waals surface area contributed by atoms with E-state index in [1.54, 1.807) is 0 Å². The van der Waals surface area contributed by atoms with E-state index in [0.717, 1.165) is 25.3 Å². The number of hydrogen-bond donors (Lipinski definition) is 1. The molecule has 0 aromatic heterocycles. The highest BCUT2D eigenvalue weighted by Crippen LogP contribution is 2.30. The Labute approximate surface area is 112 Å². The van der Waals surface area contributed by atoms with Gasteiger partial charge in [0.1, 0.15) is 0 Å². The normalized spacial score (nSPS) is 12.1. The van der Waals surface area contributed by atoms with Crippen molar-refractivity contribution in [3.63, 3.8) is 0 Å². The smallest absolute Gasteiger partial charge is 0.416 e. The van der Waals surface area contributed by atoms with Crippen molar-refractivity contribution >= 4 is 18.0 Å². The first-order chi connectivity index (χ1) is 9.24. The summed E-state index contributed by atoms with van der Waals surface area (Å²) < 4.78 is 42.0. The quantitative estimate of drug-likeness (QED) is 0.683. The Bertz CT molecular complexity index is 547. The third-order valence-electron chi connectivity index (χ3n) is 2.34. The van der Waals surface area contributed by atoms with Gasteiger partial charge in [0.25, 0.3) is 0 Å². The summed E-state index contributed by atoms with van der Waals surface area (Å²) in [5, 5.41) is 8.66. The van der Waals surface area contributed by atoms with E-state index >= 15 is 0 Å². The highest BCUT2D eigenvalue weighted by atomic mass is 19.4. The van der Waals surface area contributed by atoms with Crippen LogP contribution < -0.4 is 0 Å². The molecular formula is C13H11F3O4. The summed E-state index contributed by atoms with van der Waals surface area (Å²) in [6.45, 7) is 0. The van der Waals surface area contributed by atoms with Gasteiger partial charge in [-0.3, -0.25) is 4.79 Å². The van der Waals surface area contributed by atoms with Crippen LogP contribution in [-0.4, -0.2) is 24.2 Å². The van der Waals surface area contributed by atoms with Gasteiger partial charge in [0, 0.05) is 5.57 Å². The number of carbonyl (C=O) groups excluding carboxylic acids is 1. The van der Waals surface area contributed by atoms with E-state index in [1.807, 2.05) is 0 Å². The Balaban J connectivity index is 3.17. The van der Waals surface area contributed by atoms with Crippen LogP contribution in [0.3, 0.4) is 0 Å². The zero-order valence-corrected chi connectivity index (χ0v) is 10.4. The number of aliphatic carboxylic acids is 1. The summed E-state index contributed by atoms with van der Waals surface area (Å²) in [4.78, 5) is 22.0. The second kappa shape index (κ2) is 6.23. The lowest BCUT2D eigenvalue weighted by Crippen LogP contribution is -2.09. The van der Waals surface area contributed by atoms with Crippen LogP contribution in [0, 0.1) is 0 Å². The van der Waals surface area contributed by atoms with Crippen LogP contribution in [0.1, 0.15) is 17.5 Å². The molecule has 1 N–H and O–H groups in total. The second-order valence-electron chi connectivity index (χ2n) is 3.85. The van der Waals surface area contributed by atoms with Crippen LogP contribution in [-0.2, 0) is 20.5 Å². The number of methoxy groups -OCH3 is 1. The molecule has 1 aromatic rings. The van der Waals surface area contributed by atoms with Crippen molar-refractivity contribution in [2.24, 2.45) is 0 Å². The Morgan fingerprint density at radius 2 is 2.00 bits per heavy atom. The zero-order valence-electron chi connectivity index (χ0n) is 10.4. The van der Waals surface area contributed by atoms with E-state index in [0.29, 0.717) is 0 Å². The number of carboxylic acids is 1. The van der Waals surface area contributed by atoms with E-state index in [9.17, 15) is 22.8 Å². The minimum atomic E-state index is -4.51. The molecule has 0 aliphatic heterocycles. The fraction of sp³-hybridized carbons (Fsp3) is 0.231. The molecule has 1 aromatic carbocycles. The average Bonchev–Trinajstić information content (AvgIpc) is 2.36. The van der Waals surface area contributed by atoms with Crippen LogP contribution in [0.2, 0.25) is 0 Å². The SMILES string of the molecule is COC(=O)/C(=C/c1cccc(C(F)(F)F)c1)CC(=O)O. The highest BCUT2D eigenvalue weighted by molar-refractivity contribution is 5.97. The zero-order chi connectivity index (χ0) is 15.3. The van der Waals surface area contributed by atoms with Crippen LogP contribution >= 0.6 is 0 Å². The van der Waals surface area contributed by atoms with E-state index in [4.69, 9.17) is 5.11 Å². The molecule has 0 aliphatic carbocycles. The summed E-state index contributed by atoms with van der Waals surface area (Å²) in [5.74, 6) is -2.18. The number of benzene rings is 1. The number of rotatable bonds is 4. The first kappa shape index (κ1) is 15.7. The van der Waals surface area contributed by atoms with Crippen molar-refractivity contribution in [2.45, 2.75) is 12.6 Å². The summed E-state index contributed by atoms with van der Waals surface area (Å²) in [7, 11) is 1.06. The van der Waals surface area contributed by atoms with Gasteiger partial charge in [-0.1, -0.05) is 12.1 Å². The predicted molar refractivity (Wildman–Crippen MR) is 63.7 cm³/mol. The van der Waals surface area contributed by atoms with Crippen LogP contribution in [0.25, 0.3) is 6.08 Å². The molecule has 0 spiro atoms. The number of alkyl halides is 3. The summed E-state index contributed by atoms with van der Waals surface area (Å²) >= 11 is 0. The van der Waals surface area contributed by atoms with Gasteiger partial charge in [-0.25, -0.2) is 4.79 Å². The van der Waals surface area contributed by atoms with Gasteiger partial charge in [-0.05, 0) is 23.8 Å². The molecule has 0 aliphatic rings. The minimum absolute atomic E-state index is 0.0708. The van der Waals surface area contributed by atoms with Crippen LogP contribution in [0.4, 0.5) is 13.2 Å². The minimum Gasteiger partial charge on any atom is -0.481 e. The summed E-state index contributed by atoms with van der Waals surface area (Å²) in [6.07, 6.45) is -4.08. The van der Waals surface area contributed by atoms with Gasteiger partial charge in [0.15, 0.2) is 0 Å². The number of halogens is 3. The molecule has 108 valence electrons. The van der Waals surface area contributed by atoms with Gasteiger partial charge < -0.3 is 9.84 Å². The Morgan fingerprint density at radius 1 is 1.35 bits per heavy atom. The van der Waals surface area contributed by atoms with Crippen molar-refractivity contribution in [3.05, 3.63) is 41.0 Å². The molecule has 0 amide bonds. The number of ether oxygens (including phenoxy) is 1. The lowest BCUT2D eigenvalue weighted by atomic mass is 10.1. The maximum absolute atomic E-state index is 12.5. The van der Waals surface area contributed by atoms with Gasteiger partial charge in [-0.15, -0.1) is 0 Å². The average molecular weight is 288 g/mol. The molecule has 1 rings (SSSR count). The number of esters is 1. The van der Waals surface area contributed by atoms with E-state index in [-0.39, 0.29) is 11.1 Å². The third kappa shape index (κ3) is 4.42. The molecule has 4 nitrogen and oxygen atoms in total. The van der Waals surface area contributed by atoms with Crippen molar-refractivity contribution in [1.82, 2.24) is 0 Å². The molecule has 0 atom stereocenters. The number of hydrogen-bond acceptors (Lipinski definition) is 3. The van der Waals surface area contributed by atoms with Crippen molar-refractivity contribution in [3.8, 4) is 0 Å². The van der Waals surface area contributed by atoms with Crippen molar-refractivity contribution in [2.75, 3.05) is 7.11 Å². The molecule has 0 radical (unpaired) electrons. The Morgan fingerprint density at radius 3 is 2.50 bits per heavy atom. The van der Waals surface area contributed by atoms with Crippen molar-refractivity contribution in [1.29, 1.82) is 0 Å². The van der Waals surface area contributed by atoms with Gasteiger partial charge in [-0.2, -0.15) is 13.2 Å². The summed E-state index contributed by atoms with van der Waals surface area (Å²) in [6, 6.07) is 4.21. The van der Waals surface area contributed by atoms with Crippen LogP contribution in [0.15, 0.2) is 29.8 Å². The van der Waals surface area contributed by atoms with Crippen molar-refractivity contribution < 1.29 is 32.6 Å². The molecular weight excluding hydrogens is 277 g/mol. The fourth-order valence-corrected chi connectivity index (χ4v) is 1.48. The molecule has 0 heterocycles. The predicted octanol–water partition coefficient (Wildman–Crippen LogP) is 2.74. The molecule has 0 bridgehead atoms. The topological polar surface area (TPSA) is 63.6 Å². The highest BCUT2D eigenvalue weighted by Gasteiger charge is 2.30. The van der Waals surface area contributed by atoms with E-state index in [1.165, 1.54) is 12.1 Å². The van der Waals surface area contributed by atoms with Crippen LogP contribution in [0.5, 0.6) is 0 Å². The maximum atomic E-state index is 12.5. The molecule has 0 unspecified atom stereocenters. The molecule has 0 saturated carbocycles. The molecule has 20 heavy (non-hydrogen) atoms. The second-order valence-corrected chi connectivity index (χ2v) is 3.85. The largest absolute Gasteiger partial charge is 0.481 e. The Hall–Kier alpha value is -2.31. The number of carboxylic acid groups (broad SMARTS) is 1. The maximum Gasteiger partial charge on any atom is 0.416 e. The molecule has 0 fully saturated rings. The Kier molecular flexibility index (Phi) is 4.90. The summed E-state index contributed by atoms with van der Waals surface area (Å²) in [5.41, 5.74) is -1.05. The third-order valence-corrected chi connectivity index (χ3v) is 2.34. The first-order valence-electron chi connectivity index (χ1n) is 5.42. The lowest BCUT2D eigenvalue weighted by Gasteiger charge is -2.08. The number of carbonyl (C=O) groups is 2. The van der Waals surface area contributed by atoms with Gasteiger partial charge >= 0.3 is 18.1 Å². The van der Waals surface area contributed by atoms with E-state index in [2.05, 4.69) is 4.74 Å². The van der Waals surface area contributed by atoms with E-state index < -0.39 is 30.1 Å². The van der Waals surface area contributed by atoms with Gasteiger partial charge in [0.2, 0.25) is 0 Å². The molecule has 0 saturated heterocycles. The van der Waals surface area contributed by atoms with Gasteiger partial charge in [0.05, 0.1) is 19.1 Å². The standard InChI is InChI=1S/C13H11F3O4/c1-20-12(19)9(7-11(17)18)5-8-3-2-4-10(6-8)13(14,15)16/h2-6H,7H2,1H3,(H,17,18)/b9-5+. The first-order valence-corrected chi connectivity index (χ1v) is 5.42. The monoisotopic (exact) mass is 288 g/mol.